The van der Waals surface area contributed by atoms with Crippen molar-refractivity contribution in [1.82, 2.24) is 0 Å². The van der Waals surface area contributed by atoms with E-state index in [0.29, 0.717) is 18.8 Å². The van der Waals surface area contributed by atoms with Crippen molar-refractivity contribution >= 4 is 11.6 Å². The number of rotatable bonds is 5. The van der Waals surface area contributed by atoms with Crippen LogP contribution < -0.4 is 0 Å². The van der Waals surface area contributed by atoms with Gasteiger partial charge in [0.1, 0.15) is 0 Å². The van der Waals surface area contributed by atoms with Gasteiger partial charge in [-0.25, -0.2) is 0 Å². The van der Waals surface area contributed by atoms with Crippen LogP contribution in [0.4, 0.5) is 0 Å². The molecule has 28 heavy (non-hydrogen) atoms. The fourth-order valence-corrected chi connectivity index (χ4v) is 5.47. The summed E-state index contributed by atoms with van der Waals surface area (Å²) in [5.74, 6) is -0.117. The third kappa shape index (κ3) is 3.53. The third-order valence-corrected chi connectivity index (χ3v) is 6.95. The Morgan fingerprint density at radius 1 is 1.18 bits per heavy atom. The molecule has 0 bridgehead atoms. The van der Waals surface area contributed by atoms with Gasteiger partial charge in [-0.1, -0.05) is 6.08 Å². The maximum Gasteiger partial charge on any atom is 0.165 e. The Kier molecular flexibility index (Phi) is 5.86. The second-order valence-corrected chi connectivity index (χ2v) is 8.89. The van der Waals surface area contributed by atoms with E-state index in [9.17, 15) is 9.59 Å². The molecule has 0 amide bonds. The Labute approximate surface area is 167 Å². The SMILES string of the molecule is CC1=CC(=O)[C@]2(C)[C@H](C1=O)[C@H](CCCO[C@H]1CCCCO1)C=C1CCCO[C@@H]12. The molecule has 0 aromatic rings. The van der Waals surface area contributed by atoms with E-state index < -0.39 is 5.41 Å². The van der Waals surface area contributed by atoms with E-state index in [2.05, 4.69) is 6.08 Å². The van der Waals surface area contributed by atoms with Gasteiger partial charge in [-0.05, 0) is 81.9 Å². The van der Waals surface area contributed by atoms with Crippen molar-refractivity contribution < 1.29 is 23.8 Å². The number of fused-ring (bicyclic) bond motifs is 3. The minimum absolute atomic E-state index is 0.0453. The molecule has 5 atom stereocenters. The summed E-state index contributed by atoms with van der Waals surface area (Å²) in [4.78, 5) is 26.2. The average Bonchev–Trinajstić information content (AvgIpc) is 2.70. The van der Waals surface area contributed by atoms with Gasteiger partial charge in [0.2, 0.25) is 0 Å². The highest BCUT2D eigenvalue weighted by molar-refractivity contribution is 6.13. The molecule has 2 heterocycles. The van der Waals surface area contributed by atoms with Crippen LogP contribution in [0.1, 0.15) is 58.8 Å². The molecule has 0 unspecified atom stereocenters. The summed E-state index contributed by atoms with van der Waals surface area (Å²) in [5.41, 5.74) is 1.01. The molecule has 2 saturated heterocycles. The van der Waals surface area contributed by atoms with Crippen molar-refractivity contribution in [3.8, 4) is 0 Å². The van der Waals surface area contributed by atoms with Crippen LogP contribution in [-0.4, -0.2) is 43.8 Å². The quantitative estimate of drug-likeness (QED) is 0.530. The third-order valence-electron chi connectivity index (χ3n) is 6.95. The van der Waals surface area contributed by atoms with E-state index >= 15 is 0 Å². The van der Waals surface area contributed by atoms with Gasteiger partial charge in [-0.15, -0.1) is 0 Å². The van der Waals surface area contributed by atoms with Crippen LogP contribution in [0.25, 0.3) is 0 Å². The number of Topliss-reactive ketones (excluding diaryl/α,β-unsaturated/α-hetero) is 1. The van der Waals surface area contributed by atoms with Crippen LogP contribution in [-0.2, 0) is 23.8 Å². The zero-order chi connectivity index (χ0) is 19.7. The molecule has 2 aliphatic carbocycles. The fraction of sp³-hybridized carbons (Fsp3) is 0.739. The zero-order valence-electron chi connectivity index (χ0n) is 17.1. The summed E-state index contributed by atoms with van der Waals surface area (Å²) in [6.45, 7) is 5.78. The average molecular weight is 389 g/mol. The van der Waals surface area contributed by atoms with E-state index in [0.717, 1.165) is 51.6 Å². The maximum absolute atomic E-state index is 13.1. The highest BCUT2D eigenvalue weighted by Gasteiger charge is 2.58. The van der Waals surface area contributed by atoms with Crippen LogP contribution in [0, 0.1) is 17.3 Å². The first-order valence-corrected chi connectivity index (χ1v) is 10.8. The molecule has 4 rings (SSSR count). The highest BCUT2D eigenvalue weighted by atomic mass is 16.7. The van der Waals surface area contributed by atoms with Crippen LogP contribution in [0.2, 0.25) is 0 Å². The predicted octanol–water partition coefficient (Wildman–Crippen LogP) is 3.77. The Hall–Kier alpha value is -1.30. The normalized spacial score (nSPS) is 38.4. The van der Waals surface area contributed by atoms with Crippen LogP contribution in [0.3, 0.4) is 0 Å². The van der Waals surface area contributed by atoms with Gasteiger partial charge in [0.05, 0.1) is 11.5 Å². The van der Waals surface area contributed by atoms with E-state index in [1.54, 1.807) is 13.0 Å². The second kappa shape index (κ2) is 8.21. The van der Waals surface area contributed by atoms with E-state index in [1.807, 2.05) is 6.92 Å². The Balaban J connectivity index is 1.49. The lowest BCUT2D eigenvalue weighted by molar-refractivity contribution is -0.164. The maximum atomic E-state index is 13.1. The number of hydrogen-bond acceptors (Lipinski definition) is 5. The molecule has 0 N–H and O–H groups in total. The smallest absolute Gasteiger partial charge is 0.165 e. The number of ether oxygens (including phenoxy) is 3. The summed E-state index contributed by atoms with van der Waals surface area (Å²) in [7, 11) is 0. The second-order valence-electron chi connectivity index (χ2n) is 8.89. The summed E-state index contributed by atoms with van der Waals surface area (Å²) < 4.78 is 17.6. The van der Waals surface area contributed by atoms with Crippen molar-refractivity contribution in [3.05, 3.63) is 23.3 Å². The molecule has 5 nitrogen and oxygen atoms in total. The van der Waals surface area contributed by atoms with E-state index in [-0.39, 0.29) is 35.8 Å². The van der Waals surface area contributed by atoms with Gasteiger partial charge in [0.25, 0.3) is 0 Å². The monoisotopic (exact) mass is 388 g/mol. The Bertz CT molecular complexity index is 687. The van der Waals surface area contributed by atoms with Crippen LogP contribution in [0.15, 0.2) is 23.3 Å². The molecule has 4 aliphatic rings. The summed E-state index contributed by atoms with van der Waals surface area (Å²) in [5, 5.41) is 0. The molecule has 5 heteroatoms. The molecule has 0 spiro atoms. The summed E-state index contributed by atoms with van der Waals surface area (Å²) in [6, 6.07) is 0. The van der Waals surface area contributed by atoms with Gasteiger partial charge >= 0.3 is 0 Å². The van der Waals surface area contributed by atoms with Gasteiger partial charge < -0.3 is 14.2 Å². The van der Waals surface area contributed by atoms with Crippen molar-refractivity contribution in [2.75, 3.05) is 19.8 Å². The Morgan fingerprint density at radius 2 is 2.00 bits per heavy atom. The van der Waals surface area contributed by atoms with E-state index in [4.69, 9.17) is 14.2 Å². The molecule has 0 radical (unpaired) electrons. The number of ketones is 2. The molecular formula is C23H32O5. The lowest BCUT2D eigenvalue weighted by atomic mass is 9.54. The molecule has 0 aromatic carbocycles. The van der Waals surface area contributed by atoms with Gasteiger partial charge in [-0.3, -0.25) is 9.59 Å². The lowest BCUT2D eigenvalue weighted by Crippen LogP contribution is -2.57. The topological polar surface area (TPSA) is 61.8 Å². The zero-order valence-corrected chi connectivity index (χ0v) is 17.1. The standard InChI is InChI=1S/C23H32O5/c1-15-13-18(24)23(2)20(21(15)25)16(14-17-8-6-12-28-22(17)23)7-5-11-27-19-9-3-4-10-26-19/h13-14,16,19-20,22H,3-12H2,1-2H3/t16-,19+,20+,22+,23-/m1/s1. The van der Waals surface area contributed by atoms with Crippen molar-refractivity contribution in [1.29, 1.82) is 0 Å². The lowest BCUT2D eigenvalue weighted by Gasteiger charge is -2.51. The molecule has 0 aromatic heterocycles. The molecule has 0 saturated carbocycles. The van der Waals surface area contributed by atoms with Crippen molar-refractivity contribution in [2.45, 2.75) is 71.2 Å². The number of hydrogen-bond donors (Lipinski definition) is 0. The number of carbonyl (C=O) groups is 2. The Morgan fingerprint density at radius 3 is 2.79 bits per heavy atom. The fourth-order valence-electron chi connectivity index (χ4n) is 5.47. The van der Waals surface area contributed by atoms with Crippen LogP contribution >= 0.6 is 0 Å². The van der Waals surface area contributed by atoms with Crippen LogP contribution in [0.5, 0.6) is 0 Å². The first kappa shape index (κ1) is 20.0. The van der Waals surface area contributed by atoms with Gasteiger partial charge in [0.15, 0.2) is 17.9 Å². The number of carbonyl (C=O) groups excluding carboxylic acids is 2. The first-order chi connectivity index (χ1) is 13.5. The summed E-state index contributed by atoms with van der Waals surface area (Å²) >= 11 is 0. The molecule has 2 fully saturated rings. The summed E-state index contributed by atoms with van der Waals surface area (Å²) in [6.07, 6.45) is 10.3. The molecule has 2 aliphatic heterocycles. The van der Waals surface area contributed by atoms with Gasteiger partial charge in [-0.2, -0.15) is 0 Å². The van der Waals surface area contributed by atoms with Crippen molar-refractivity contribution in [2.24, 2.45) is 17.3 Å². The predicted molar refractivity (Wildman–Crippen MR) is 105 cm³/mol. The molecular weight excluding hydrogens is 356 g/mol. The number of allylic oxidation sites excluding steroid dienone is 3. The van der Waals surface area contributed by atoms with Gasteiger partial charge in [0, 0.05) is 25.7 Å². The highest BCUT2D eigenvalue weighted by Crippen LogP contribution is 2.52. The minimum Gasteiger partial charge on any atom is -0.373 e. The largest absolute Gasteiger partial charge is 0.373 e. The molecule has 154 valence electrons. The first-order valence-electron chi connectivity index (χ1n) is 10.8. The minimum atomic E-state index is -0.779. The van der Waals surface area contributed by atoms with E-state index in [1.165, 1.54) is 5.57 Å². The van der Waals surface area contributed by atoms with Crippen molar-refractivity contribution in [3.63, 3.8) is 0 Å².